The van der Waals surface area contributed by atoms with Crippen LogP contribution in [0, 0.1) is 5.82 Å². The Balaban J connectivity index is 2.23. The van der Waals surface area contributed by atoms with Gasteiger partial charge in [0.2, 0.25) is 0 Å². The van der Waals surface area contributed by atoms with Gasteiger partial charge in [-0.1, -0.05) is 35.5 Å². The minimum absolute atomic E-state index is 0.0418. The van der Waals surface area contributed by atoms with Crippen molar-refractivity contribution in [1.82, 2.24) is 5.32 Å². The van der Waals surface area contributed by atoms with E-state index in [1.165, 1.54) is 12.1 Å². The molecule has 2 rings (SSSR count). The van der Waals surface area contributed by atoms with Gasteiger partial charge in [-0.15, -0.1) is 0 Å². The molecular weight excluding hydrogens is 305 g/mol. The van der Waals surface area contributed by atoms with Gasteiger partial charge in [0.1, 0.15) is 5.82 Å². The Morgan fingerprint density at radius 3 is 2.38 bits per heavy atom. The first kappa shape index (κ1) is 16.3. The van der Waals surface area contributed by atoms with Crippen molar-refractivity contribution in [2.45, 2.75) is 42.6 Å². The number of rotatable bonds is 4. The van der Waals surface area contributed by atoms with E-state index >= 15 is 0 Å². The standard InChI is InChI=1S/C17H19ClFNS/c1-17(2,3)20-11-12-5-4-6-15(18)16(12)21-14-9-7-13(19)8-10-14/h4-10,20H,11H2,1-3H3. The lowest BCUT2D eigenvalue weighted by molar-refractivity contribution is 0.422. The highest BCUT2D eigenvalue weighted by Crippen LogP contribution is 2.36. The van der Waals surface area contributed by atoms with Gasteiger partial charge in [-0.2, -0.15) is 0 Å². The summed E-state index contributed by atoms with van der Waals surface area (Å²) in [7, 11) is 0. The first-order valence-electron chi connectivity index (χ1n) is 6.81. The molecular formula is C17H19ClFNS. The highest BCUT2D eigenvalue weighted by molar-refractivity contribution is 7.99. The van der Waals surface area contributed by atoms with Gasteiger partial charge in [0.25, 0.3) is 0 Å². The minimum atomic E-state index is -0.229. The maximum Gasteiger partial charge on any atom is 0.123 e. The van der Waals surface area contributed by atoms with E-state index in [1.54, 1.807) is 23.9 Å². The van der Waals surface area contributed by atoms with Crippen molar-refractivity contribution < 1.29 is 4.39 Å². The Bertz CT molecular complexity index is 605. The average molecular weight is 324 g/mol. The first-order chi connectivity index (χ1) is 9.85. The summed E-state index contributed by atoms with van der Waals surface area (Å²) >= 11 is 7.90. The van der Waals surface area contributed by atoms with Crippen LogP contribution in [0.2, 0.25) is 5.02 Å². The van der Waals surface area contributed by atoms with Crippen molar-refractivity contribution in [3.05, 3.63) is 58.9 Å². The summed E-state index contributed by atoms with van der Waals surface area (Å²) in [6, 6.07) is 12.4. The second kappa shape index (κ2) is 6.82. The monoisotopic (exact) mass is 323 g/mol. The largest absolute Gasteiger partial charge is 0.308 e. The Kier molecular flexibility index (Phi) is 5.31. The van der Waals surface area contributed by atoms with Crippen molar-refractivity contribution in [3.8, 4) is 0 Å². The SMILES string of the molecule is CC(C)(C)NCc1cccc(Cl)c1Sc1ccc(F)cc1. The van der Waals surface area contributed by atoms with Crippen molar-refractivity contribution in [3.63, 3.8) is 0 Å². The van der Waals surface area contributed by atoms with Crippen molar-refractivity contribution in [2.75, 3.05) is 0 Å². The Labute approximate surface area is 134 Å². The van der Waals surface area contributed by atoms with Crippen LogP contribution in [-0.2, 0) is 6.54 Å². The molecule has 0 bridgehead atoms. The lowest BCUT2D eigenvalue weighted by atomic mass is 10.1. The van der Waals surface area contributed by atoms with Gasteiger partial charge in [0.15, 0.2) is 0 Å². The van der Waals surface area contributed by atoms with E-state index in [2.05, 4.69) is 32.2 Å². The lowest BCUT2D eigenvalue weighted by Gasteiger charge is -2.22. The normalized spacial score (nSPS) is 11.7. The van der Waals surface area contributed by atoms with Crippen LogP contribution in [0.1, 0.15) is 26.3 Å². The lowest BCUT2D eigenvalue weighted by Crippen LogP contribution is -2.35. The minimum Gasteiger partial charge on any atom is -0.308 e. The topological polar surface area (TPSA) is 12.0 Å². The molecule has 0 unspecified atom stereocenters. The van der Waals surface area contributed by atoms with Crippen LogP contribution < -0.4 is 5.32 Å². The molecule has 1 N–H and O–H groups in total. The maximum absolute atomic E-state index is 13.0. The molecule has 0 atom stereocenters. The molecule has 0 fully saturated rings. The fraction of sp³-hybridized carbons (Fsp3) is 0.294. The van der Waals surface area contributed by atoms with Crippen LogP contribution in [0.3, 0.4) is 0 Å². The third kappa shape index (κ3) is 5.03. The quantitative estimate of drug-likeness (QED) is 0.795. The molecule has 112 valence electrons. The molecule has 0 radical (unpaired) electrons. The molecule has 4 heteroatoms. The molecule has 0 aliphatic heterocycles. The zero-order valence-electron chi connectivity index (χ0n) is 12.4. The molecule has 0 heterocycles. The third-order valence-electron chi connectivity index (χ3n) is 2.89. The van der Waals surface area contributed by atoms with Crippen LogP contribution >= 0.6 is 23.4 Å². The van der Waals surface area contributed by atoms with Gasteiger partial charge in [0.05, 0.1) is 5.02 Å². The Morgan fingerprint density at radius 2 is 1.76 bits per heavy atom. The summed E-state index contributed by atoms with van der Waals surface area (Å²) in [5, 5.41) is 4.19. The van der Waals surface area contributed by atoms with Gasteiger partial charge in [-0.3, -0.25) is 0 Å². The van der Waals surface area contributed by atoms with Gasteiger partial charge >= 0.3 is 0 Å². The van der Waals surface area contributed by atoms with Crippen LogP contribution in [0.4, 0.5) is 4.39 Å². The average Bonchev–Trinajstić information content (AvgIpc) is 2.41. The molecule has 2 aromatic carbocycles. The second-order valence-electron chi connectivity index (χ2n) is 5.89. The molecule has 0 spiro atoms. The van der Waals surface area contributed by atoms with Crippen LogP contribution in [-0.4, -0.2) is 5.54 Å². The van der Waals surface area contributed by atoms with Crippen molar-refractivity contribution >= 4 is 23.4 Å². The molecule has 21 heavy (non-hydrogen) atoms. The van der Waals surface area contributed by atoms with E-state index in [0.29, 0.717) is 0 Å². The van der Waals surface area contributed by atoms with Gasteiger partial charge < -0.3 is 5.32 Å². The fourth-order valence-electron chi connectivity index (χ4n) is 1.79. The highest BCUT2D eigenvalue weighted by atomic mass is 35.5. The molecule has 0 aromatic heterocycles. The zero-order valence-corrected chi connectivity index (χ0v) is 14.0. The fourth-order valence-corrected chi connectivity index (χ4v) is 3.04. The number of halogens is 2. The molecule has 0 amide bonds. The number of hydrogen-bond acceptors (Lipinski definition) is 2. The first-order valence-corrected chi connectivity index (χ1v) is 8.00. The van der Waals surface area contributed by atoms with Crippen molar-refractivity contribution in [2.24, 2.45) is 0 Å². The molecule has 0 aliphatic rings. The highest BCUT2D eigenvalue weighted by Gasteiger charge is 2.13. The van der Waals surface area contributed by atoms with E-state index in [9.17, 15) is 4.39 Å². The van der Waals surface area contributed by atoms with E-state index < -0.39 is 0 Å². The van der Waals surface area contributed by atoms with Gasteiger partial charge in [0, 0.05) is 21.9 Å². The summed E-state index contributed by atoms with van der Waals surface area (Å²) < 4.78 is 13.0. The molecule has 0 saturated heterocycles. The number of hydrogen-bond donors (Lipinski definition) is 1. The van der Waals surface area contributed by atoms with Crippen LogP contribution in [0.25, 0.3) is 0 Å². The summed E-state index contributed by atoms with van der Waals surface area (Å²) in [6.07, 6.45) is 0. The molecule has 0 aliphatic carbocycles. The molecule has 1 nitrogen and oxygen atoms in total. The third-order valence-corrected chi connectivity index (χ3v) is 4.51. The summed E-state index contributed by atoms with van der Waals surface area (Å²) in [5.74, 6) is -0.229. The number of benzene rings is 2. The van der Waals surface area contributed by atoms with Crippen LogP contribution in [0.5, 0.6) is 0 Å². The van der Waals surface area contributed by atoms with Crippen LogP contribution in [0.15, 0.2) is 52.3 Å². The predicted octanol–water partition coefficient (Wildman–Crippen LogP) is 5.52. The van der Waals surface area contributed by atoms with Gasteiger partial charge in [-0.25, -0.2) is 4.39 Å². The molecule has 0 saturated carbocycles. The summed E-state index contributed by atoms with van der Waals surface area (Å²) in [4.78, 5) is 1.99. The van der Waals surface area contributed by atoms with E-state index in [0.717, 1.165) is 26.9 Å². The van der Waals surface area contributed by atoms with E-state index in [-0.39, 0.29) is 11.4 Å². The maximum atomic E-state index is 13.0. The smallest absolute Gasteiger partial charge is 0.123 e. The van der Waals surface area contributed by atoms with Gasteiger partial charge in [-0.05, 0) is 56.7 Å². The number of nitrogens with one attached hydrogen (secondary N) is 1. The molecule has 2 aromatic rings. The Hall–Kier alpha value is -1.03. The van der Waals surface area contributed by atoms with Crippen molar-refractivity contribution in [1.29, 1.82) is 0 Å². The van der Waals surface area contributed by atoms with E-state index in [1.807, 2.05) is 12.1 Å². The summed E-state index contributed by atoms with van der Waals surface area (Å²) in [6.45, 7) is 7.13. The Morgan fingerprint density at radius 1 is 1.10 bits per heavy atom. The summed E-state index contributed by atoms with van der Waals surface area (Å²) in [5.41, 5.74) is 1.19. The second-order valence-corrected chi connectivity index (χ2v) is 7.38. The predicted molar refractivity (Wildman–Crippen MR) is 88.6 cm³/mol. The van der Waals surface area contributed by atoms with E-state index in [4.69, 9.17) is 11.6 Å². The zero-order chi connectivity index (χ0) is 15.5.